The Labute approximate surface area is 78.8 Å². The fourth-order valence-corrected chi connectivity index (χ4v) is 0.867. The van der Waals surface area contributed by atoms with E-state index >= 15 is 0 Å². The van der Waals surface area contributed by atoms with Gasteiger partial charge in [-0.15, -0.1) is 10.1 Å². The lowest BCUT2D eigenvalue weighted by Gasteiger charge is -1.99. The Morgan fingerprint density at radius 3 is 2.43 bits per heavy atom. The minimum absolute atomic E-state index is 0.0684. The summed E-state index contributed by atoms with van der Waals surface area (Å²) >= 11 is 0. The molecule has 0 aliphatic rings. The summed E-state index contributed by atoms with van der Waals surface area (Å²) < 4.78 is 0. The quantitative estimate of drug-likeness (QED) is 0.563. The van der Waals surface area contributed by atoms with E-state index in [0.29, 0.717) is 5.56 Å². The first-order valence-corrected chi connectivity index (χ1v) is 3.70. The Bertz CT molecular complexity index is 345. The summed E-state index contributed by atoms with van der Waals surface area (Å²) in [4.78, 5) is 24.5. The molecule has 0 saturated heterocycles. The maximum Gasteiger partial charge on any atom is 0.334 e. The van der Waals surface area contributed by atoms with Crippen LogP contribution >= 0.6 is 0 Å². The molecule has 6 nitrogen and oxygen atoms in total. The third-order valence-electron chi connectivity index (χ3n) is 1.53. The third-order valence-corrected chi connectivity index (χ3v) is 1.53. The van der Waals surface area contributed by atoms with Gasteiger partial charge in [0.1, 0.15) is 0 Å². The minimum atomic E-state index is -1.16. The highest BCUT2D eigenvalue weighted by Gasteiger charge is 2.09. The first-order chi connectivity index (χ1) is 6.63. The number of hydrogen-bond acceptors (Lipinski definition) is 5. The van der Waals surface area contributed by atoms with E-state index in [1.807, 2.05) is 0 Å². The standard InChI is InChI=1S/C8H7NO5/c10-5-6-1-3-7(4-2-6)8(11)14-9(12)13/h1-4,10H,5H2. The molecule has 0 saturated carbocycles. The van der Waals surface area contributed by atoms with Crippen molar-refractivity contribution in [3.63, 3.8) is 0 Å². The maximum absolute atomic E-state index is 10.9. The number of aliphatic hydroxyl groups excluding tert-OH is 1. The molecule has 0 radical (unpaired) electrons. The summed E-state index contributed by atoms with van der Waals surface area (Å²) in [5.41, 5.74) is 0.682. The third kappa shape index (κ3) is 2.53. The lowest BCUT2D eigenvalue weighted by molar-refractivity contribution is -0.727. The Hall–Kier alpha value is -1.95. The minimum Gasteiger partial charge on any atom is -0.392 e. The van der Waals surface area contributed by atoms with Gasteiger partial charge in [-0.25, -0.2) is 4.84 Å². The average Bonchev–Trinajstić information content (AvgIpc) is 2.17. The molecule has 1 aromatic carbocycles. The van der Waals surface area contributed by atoms with Crippen LogP contribution in [0.4, 0.5) is 0 Å². The number of carbonyl (C=O) groups excluding carboxylic acids is 1. The molecule has 0 unspecified atom stereocenters. The number of benzene rings is 1. The van der Waals surface area contributed by atoms with Crippen molar-refractivity contribution in [3.05, 3.63) is 45.5 Å². The van der Waals surface area contributed by atoms with E-state index in [-0.39, 0.29) is 12.2 Å². The first kappa shape index (κ1) is 10.1. The Morgan fingerprint density at radius 2 is 2.00 bits per heavy atom. The second-order valence-corrected chi connectivity index (χ2v) is 2.46. The van der Waals surface area contributed by atoms with Gasteiger partial charge in [-0.2, -0.15) is 0 Å². The fourth-order valence-electron chi connectivity index (χ4n) is 0.867. The van der Waals surface area contributed by atoms with Gasteiger partial charge < -0.3 is 5.11 Å². The fraction of sp³-hybridized carbons (Fsp3) is 0.125. The van der Waals surface area contributed by atoms with Crippen LogP contribution in [0.1, 0.15) is 15.9 Å². The SMILES string of the molecule is O=C(O[N+](=O)[O-])c1ccc(CO)cc1. The number of aliphatic hydroxyl groups is 1. The van der Waals surface area contributed by atoms with Crippen LogP contribution in [0.5, 0.6) is 0 Å². The highest BCUT2D eigenvalue weighted by atomic mass is 17.0. The molecule has 0 bridgehead atoms. The van der Waals surface area contributed by atoms with E-state index in [2.05, 4.69) is 4.84 Å². The van der Waals surface area contributed by atoms with Gasteiger partial charge in [0, 0.05) is 5.56 Å². The summed E-state index contributed by atoms with van der Waals surface area (Å²) in [5, 5.41) is 17.4. The van der Waals surface area contributed by atoms with Crippen LogP contribution in [-0.4, -0.2) is 16.2 Å². The Morgan fingerprint density at radius 1 is 1.43 bits per heavy atom. The smallest absolute Gasteiger partial charge is 0.334 e. The summed E-state index contributed by atoms with van der Waals surface area (Å²) in [7, 11) is 0. The monoisotopic (exact) mass is 197 g/mol. The zero-order valence-corrected chi connectivity index (χ0v) is 7.04. The van der Waals surface area contributed by atoms with Crippen LogP contribution in [0.2, 0.25) is 0 Å². The first-order valence-electron chi connectivity index (χ1n) is 3.70. The van der Waals surface area contributed by atoms with Crippen LogP contribution < -0.4 is 0 Å². The molecular formula is C8H7NO5. The van der Waals surface area contributed by atoms with Crippen molar-refractivity contribution in [1.29, 1.82) is 0 Å². The molecule has 74 valence electrons. The zero-order chi connectivity index (χ0) is 10.6. The predicted octanol–water partition coefficient (Wildman–Crippen LogP) is 0.527. The molecule has 0 aliphatic carbocycles. The van der Waals surface area contributed by atoms with E-state index in [1.54, 1.807) is 0 Å². The van der Waals surface area contributed by atoms with E-state index < -0.39 is 11.1 Å². The van der Waals surface area contributed by atoms with Gasteiger partial charge in [-0.05, 0) is 17.7 Å². The van der Waals surface area contributed by atoms with E-state index in [4.69, 9.17) is 5.11 Å². The van der Waals surface area contributed by atoms with Crippen molar-refractivity contribution in [2.75, 3.05) is 0 Å². The molecule has 0 aliphatic heterocycles. The van der Waals surface area contributed by atoms with Gasteiger partial charge in [0.15, 0.2) is 0 Å². The van der Waals surface area contributed by atoms with E-state index in [1.165, 1.54) is 24.3 Å². The topological polar surface area (TPSA) is 89.7 Å². The Balaban J connectivity index is 2.76. The van der Waals surface area contributed by atoms with Gasteiger partial charge in [0.25, 0.3) is 0 Å². The van der Waals surface area contributed by atoms with Crippen molar-refractivity contribution in [2.24, 2.45) is 0 Å². The van der Waals surface area contributed by atoms with Gasteiger partial charge >= 0.3 is 11.1 Å². The van der Waals surface area contributed by atoms with Crippen molar-refractivity contribution in [1.82, 2.24) is 0 Å². The maximum atomic E-state index is 10.9. The van der Waals surface area contributed by atoms with Gasteiger partial charge in [0.05, 0.1) is 6.61 Å². The summed E-state index contributed by atoms with van der Waals surface area (Å²) in [6.45, 7) is -0.148. The normalized spacial score (nSPS) is 9.50. The van der Waals surface area contributed by atoms with Crippen LogP contribution in [0, 0.1) is 10.1 Å². The molecule has 0 amide bonds. The predicted molar refractivity (Wildman–Crippen MR) is 44.8 cm³/mol. The van der Waals surface area contributed by atoms with Crippen LogP contribution in [0.15, 0.2) is 24.3 Å². The largest absolute Gasteiger partial charge is 0.392 e. The van der Waals surface area contributed by atoms with Gasteiger partial charge in [-0.3, -0.25) is 4.79 Å². The number of hydrogen-bond donors (Lipinski definition) is 1. The highest BCUT2D eigenvalue weighted by Crippen LogP contribution is 2.05. The molecule has 1 rings (SSSR count). The van der Waals surface area contributed by atoms with Crippen molar-refractivity contribution < 1.29 is 19.8 Å². The molecule has 14 heavy (non-hydrogen) atoms. The molecule has 0 heterocycles. The van der Waals surface area contributed by atoms with E-state index in [9.17, 15) is 14.9 Å². The van der Waals surface area contributed by atoms with Gasteiger partial charge in [0.2, 0.25) is 0 Å². The van der Waals surface area contributed by atoms with Crippen molar-refractivity contribution in [3.8, 4) is 0 Å². The van der Waals surface area contributed by atoms with Crippen LogP contribution in [-0.2, 0) is 11.4 Å². The summed E-state index contributed by atoms with van der Waals surface area (Å²) in [6, 6.07) is 5.65. The lowest BCUT2D eigenvalue weighted by atomic mass is 10.1. The molecule has 6 heteroatoms. The number of nitrogens with zero attached hydrogens (tertiary/aromatic N) is 1. The van der Waals surface area contributed by atoms with Crippen molar-refractivity contribution >= 4 is 5.97 Å². The molecule has 0 atom stereocenters. The number of carbonyl (C=O) groups is 1. The van der Waals surface area contributed by atoms with E-state index in [0.717, 1.165) is 0 Å². The molecule has 0 aromatic heterocycles. The summed E-state index contributed by atoms with van der Waals surface area (Å²) in [6.07, 6.45) is 0. The molecule has 0 fully saturated rings. The number of rotatable bonds is 3. The highest BCUT2D eigenvalue weighted by molar-refractivity contribution is 5.88. The lowest BCUT2D eigenvalue weighted by Crippen LogP contribution is -2.10. The average molecular weight is 197 g/mol. The van der Waals surface area contributed by atoms with Crippen molar-refractivity contribution in [2.45, 2.75) is 6.61 Å². The molecule has 1 aromatic rings. The van der Waals surface area contributed by atoms with Crippen LogP contribution in [0.3, 0.4) is 0 Å². The van der Waals surface area contributed by atoms with Gasteiger partial charge in [-0.1, -0.05) is 12.1 Å². The van der Waals surface area contributed by atoms with Crippen LogP contribution in [0.25, 0.3) is 0 Å². The summed E-state index contributed by atoms with van der Waals surface area (Å²) in [5.74, 6) is -1.03. The molecule has 0 spiro atoms. The second kappa shape index (κ2) is 4.33. The second-order valence-electron chi connectivity index (χ2n) is 2.46. The Kier molecular flexibility index (Phi) is 3.14. The molecular weight excluding hydrogens is 190 g/mol. The molecule has 1 N–H and O–H groups in total. The zero-order valence-electron chi connectivity index (χ0n) is 7.04.